The van der Waals surface area contributed by atoms with Crippen LogP contribution in [0.15, 0.2) is 24.3 Å². The molecule has 6 heteroatoms. The van der Waals surface area contributed by atoms with Gasteiger partial charge in [-0.05, 0) is 44.0 Å². The number of aliphatic carboxylic acids is 1. The molecule has 1 aromatic carbocycles. The predicted molar refractivity (Wildman–Crippen MR) is 102 cm³/mol. The van der Waals surface area contributed by atoms with Gasteiger partial charge in [-0.15, -0.1) is 0 Å². The topological polar surface area (TPSA) is 72.9 Å². The Morgan fingerprint density at radius 3 is 2.46 bits per heavy atom. The first kappa shape index (κ1) is 20.2. The summed E-state index contributed by atoms with van der Waals surface area (Å²) in [4.78, 5) is 27.6. The first-order valence-electron chi connectivity index (χ1n) is 9.34. The van der Waals surface area contributed by atoms with E-state index in [1.54, 1.807) is 4.90 Å². The van der Waals surface area contributed by atoms with E-state index in [-0.39, 0.29) is 23.9 Å². The highest BCUT2D eigenvalue weighted by Crippen LogP contribution is 2.24. The van der Waals surface area contributed by atoms with Crippen LogP contribution < -0.4 is 5.32 Å². The molecule has 3 atom stereocenters. The number of carbonyl (C=O) groups excluding carboxylic acids is 1. The van der Waals surface area contributed by atoms with Gasteiger partial charge in [0.05, 0.1) is 12.0 Å². The van der Waals surface area contributed by atoms with Gasteiger partial charge in [-0.1, -0.05) is 38.1 Å². The van der Waals surface area contributed by atoms with E-state index in [0.717, 1.165) is 6.42 Å². The van der Waals surface area contributed by atoms with Crippen LogP contribution >= 0.6 is 0 Å². The molecule has 0 spiro atoms. The van der Waals surface area contributed by atoms with Gasteiger partial charge in [-0.25, -0.2) is 4.79 Å². The summed E-state index contributed by atoms with van der Waals surface area (Å²) in [6, 6.07) is 8.49. The molecule has 2 rings (SSSR count). The van der Waals surface area contributed by atoms with Crippen molar-refractivity contribution in [3.8, 4) is 0 Å². The van der Waals surface area contributed by atoms with Gasteiger partial charge in [0.1, 0.15) is 0 Å². The van der Waals surface area contributed by atoms with Crippen molar-refractivity contribution in [1.29, 1.82) is 0 Å². The molecule has 0 aromatic heterocycles. The molecule has 2 amide bonds. The Morgan fingerprint density at radius 1 is 1.31 bits per heavy atom. The van der Waals surface area contributed by atoms with Crippen LogP contribution in [0.1, 0.15) is 37.4 Å². The summed E-state index contributed by atoms with van der Waals surface area (Å²) in [5.74, 6) is -1.15. The summed E-state index contributed by atoms with van der Waals surface area (Å²) in [7, 11) is 4.01. The fourth-order valence-electron chi connectivity index (χ4n) is 3.57. The summed E-state index contributed by atoms with van der Waals surface area (Å²) < 4.78 is 0. The minimum absolute atomic E-state index is 0.0294. The molecule has 6 nitrogen and oxygen atoms in total. The fraction of sp³-hybridized carbons (Fsp3) is 0.600. The lowest BCUT2D eigenvalue weighted by Gasteiger charge is -2.35. The Balaban J connectivity index is 1.94. The number of benzene rings is 1. The van der Waals surface area contributed by atoms with Crippen molar-refractivity contribution in [2.45, 2.75) is 32.7 Å². The summed E-state index contributed by atoms with van der Waals surface area (Å²) in [6.45, 7) is 5.53. The molecule has 1 saturated heterocycles. The highest BCUT2D eigenvalue weighted by molar-refractivity contribution is 5.75. The third-order valence-electron chi connectivity index (χ3n) is 5.35. The number of aryl methyl sites for hydroxylation is 1. The number of hydrogen-bond donors (Lipinski definition) is 2. The molecule has 0 saturated carbocycles. The molecule has 0 radical (unpaired) electrons. The lowest BCUT2D eigenvalue weighted by molar-refractivity contribution is -0.145. The van der Waals surface area contributed by atoms with Crippen LogP contribution in [0.2, 0.25) is 0 Å². The molecule has 1 heterocycles. The van der Waals surface area contributed by atoms with Gasteiger partial charge in [-0.3, -0.25) is 4.79 Å². The number of likely N-dealkylation sites (tertiary alicyclic amines) is 1. The lowest BCUT2D eigenvalue weighted by atomic mass is 9.87. The molecular weight excluding hydrogens is 330 g/mol. The van der Waals surface area contributed by atoms with Crippen molar-refractivity contribution in [2.75, 3.05) is 33.7 Å². The van der Waals surface area contributed by atoms with Crippen molar-refractivity contribution in [3.05, 3.63) is 35.4 Å². The fourth-order valence-corrected chi connectivity index (χ4v) is 3.57. The van der Waals surface area contributed by atoms with Crippen LogP contribution in [0.3, 0.4) is 0 Å². The van der Waals surface area contributed by atoms with Crippen molar-refractivity contribution in [2.24, 2.45) is 11.8 Å². The summed E-state index contributed by atoms with van der Waals surface area (Å²) in [5, 5.41) is 12.2. The Hall–Kier alpha value is -2.08. The van der Waals surface area contributed by atoms with E-state index in [1.807, 2.05) is 21.0 Å². The minimum atomic E-state index is -0.763. The first-order chi connectivity index (χ1) is 12.3. The number of piperidine rings is 1. The third kappa shape index (κ3) is 4.97. The highest BCUT2D eigenvalue weighted by atomic mass is 16.4. The number of rotatable bonds is 6. The number of nitrogens with one attached hydrogen (secondary N) is 1. The maximum atomic E-state index is 12.5. The molecule has 144 valence electrons. The first-order valence-corrected chi connectivity index (χ1v) is 9.34. The number of amides is 2. The van der Waals surface area contributed by atoms with Crippen LogP contribution in [0.25, 0.3) is 0 Å². The second-order valence-electron chi connectivity index (χ2n) is 7.42. The van der Waals surface area contributed by atoms with Crippen molar-refractivity contribution in [1.82, 2.24) is 15.1 Å². The van der Waals surface area contributed by atoms with Gasteiger partial charge >= 0.3 is 12.0 Å². The average Bonchev–Trinajstić information content (AvgIpc) is 2.61. The van der Waals surface area contributed by atoms with Crippen molar-refractivity contribution in [3.63, 3.8) is 0 Å². The minimum Gasteiger partial charge on any atom is -0.481 e. The van der Waals surface area contributed by atoms with Gasteiger partial charge < -0.3 is 20.2 Å². The van der Waals surface area contributed by atoms with E-state index in [9.17, 15) is 14.7 Å². The molecule has 1 aliphatic rings. The van der Waals surface area contributed by atoms with E-state index < -0.39 is 5.97 Å². The Bertz CT molecular complexity index is 615. The molecule has 2 N–H and O–H groups in total. The summed E-state index contributed by atoms with van der Waals surface area (Å²) in [5.41, 5.74) is 2.47. The zero-order chi connectivity index (χ0) is 19.3. The summed E-state index contributed by atoms with van der Waals surface area (Å²) >= 11 is 0. The summed E-state index contributed by atoms with van der Waals surface area (Å²) in [6.07, 6.45) is 1.52. The molecule has 1 aromatic rings. The van der Waals surface area contributed by atoms with Gasteiger partial charge in [-0.2, -0.15) is 0 Å². The van der Waals surface area contributed by atoms with Gasteiger partial charge in [0.15, 0.2) is 0 Å². The molecule has 0 bridgehead atoms. The second-order valence-corrected chi connectivity index (χ2v) is 7.42. The normalized spacial score (nSPS) is 21.5. The Labute approximate surface area is 156 Å². The van der Waals surface area contributed by atoms with Gasteiger partial charge in [0.2, 0.25) is 0 Å². The number of hydrogen-bond acceptors (Lipinski definition) is 3. The van der Waals surface area contributed by atoms with Crippen LogP contribution in [0.5, 0.6) is 0 Å². The van der Waals surface area contributed by atoms with E-state index in [1.165, 1.54) is 11.1 Å². The van der Waals surface area contributed by atoms with E-state index in [2.05, 4.69) is 41.4 Å². The monoisotopic (exact) mass is 361 g/mol. The second kappa shape index (κ2) is 9.03. The SMILES string of the molecule is CCc1ccc(C(CNC(=O)N2CCC(C(=O)O)C(C)C2)N(C)C)cc1. The molecular formula is C20H31N3O3. The highest BCUT2D eigenvalue weighted by Gasteiger charge is 2.33. The van der Waals surface area contributed by atoms with E-state index >= 15 is 0 Å². The number of carboxylic acid groups (broad SMARTS) is 1. The van der Waals surface area contributed by atoms with Crippen LogP contribution in [0, 0.1) is 11.8 Å². The number of carbonyl (C=O) groups is 2. The predicted octanol–water partition coefficient (Wildman–Crippen LogP) is 2.60. The van der Waals surface area contributed by atoms with E-state index in [0.29, 0.717) is 26.1 Å². The van der Waals surface area contributed by atoms with Crippen molar-refractivity contribution < 1.29 is 14.7 Å². The number of urea groups is 1. The molecule has 0 aliphatic carbocycles. The smallest absolute Gasteiger partial charge is 0.317 e. The standard InChI is InChI=1S/C20H31N3O3/c1-5-15-6-8-16(9-7-15)18(22(3)4)12-21-20(26)23-11-10-17(19(24)25)14(2)13-23/h6-9,14,17-18H,5,10-13H2,1-4H3,(H,21,26)(H,24,25). The third-order valence-corrected chi connectivity index (χ3v) is 5.35. The molecule has 3 unspecified atom stereocenters. The van der Waals surface area contributed by atoms with Gasteiger partial charge in [0.25, 0.3) is 0 Å². The zero-order valence-corrected chi connectivity index (χ0v) is 16.2. The number of likely N-dealkylation sites (N-methyl/N-ethyl adjacent to an activating group) is 1. The Morgan fingerprint density at radius 2 is 1.96 bits per heavy atom. The zero-order valence-electron chi connectivity index (χ0n) is 16.2. The van der Waals surface area contributed by atoms with Crippen molar-refractivity contribution >= 4 is 12.0 Å². The number of nitrogens with zero attached hydrogens (tertiary/aromatic N) is 2. The largest absolute Gasteiger partial charge is 0.481 e. The molecule has 1 fully saturated rings. The molecule has 26 heavy (non-hydrogen) atoms. The number of carboxylic acids is 1. The average molecular weight is 361 g/mol. The van der Waals surface area contributed by atoms with E-state index in [4.69, 9.17) is 0 Å². The van der Waals surface area contributed by atoms with Crippen LogP contribution in [-0.4, -0.2) is 60.6 Å². The quantitative estimate of drug-likeness (QED) is 0.817. The lowest BCUT2D eigenvalue weighted by Crippen LogP contribution is -2.50. The van der Waals surface area contributed by atoms with Crippen LogP contribution in [0.4, 0.5) is 4.79 Å². The molecule has 1 aliphatic heterocycles. The maximum Gasteiger partial charge on any atom is 0.317 e. The van der Waals surface area contributed by atoms with Gasteiger partial charge in [0, 0.05) is 19.6 Å². The van der Waals surface area contributed by atoms with Crippen LogP contribution in [-0.2, 0) is 11.2 Å². The maximum absolute atomic E-state index is 12.5. The Kier molecular flexibility index (Phi) is 7.03.